The molecule has 1 unspecified atom stereocenters. The van der Waals surface area contributed by atoms with Gasteiger partial charge in [0.15, 0.2) is 0 Å². The fourth-order valence-electron chi connectivity index (χ4n) is 2.26. The van der Waals surface area contributed by atoms with Crippen molar-refractivity contribution in [3.8, 4) is 0 Å². The molecule has 0 aliphatic rings. The van der Waals surface area contributed by atoms with Gasteiger partial charge in [-0.3, -0.25) is 0 Å². The van der Waals surface area contributed by atoms with Gasteiger partial charge in [0, 0.05) is 11.1 Å². The van der Waals surface area contributed by atoms with E-state index in [2.05, 4.69) is 49.5 Å². The number of rotatable bonds is 5. The molecule has 100 valence electrons. The van der Waals surface area contributed by atoms with Crippen LogP contribution in [0.2, 0.25) is 5.02 Å². The van der Waals surface area contributed by atoms with Crippen LogP contribution in [0.5, 0.6) is 0 Å². The summed E-state index contributed by atoms with van der Waals surface area (Å²) in [5.74, 6) is 0. The number of hydrogen-bond donors (Lipinski definition) is 1. The van der Waals surface area contributed by atoms with Crippen molar-refractivity contribution >= 4 is 11.6 Å². The Kier molecular flexibility index (Phi) is 5.00. The summed E-state index contributed by atoms with van der Waals surface area (Å²) in [7, 11) is 0. The van der Waals surface area contributed by atoms with Crippen molar-refractivity contribution in [2.75, 3.05) is 6.54 Å². The Morgan fingerprint density at radius 1 is 1.05 bits per heavy atom. The van der Waals surface area contributed by atoms with E-state index in [9.17, 15) is 0 Å². The molecule has 1 N–H and O–H groups in total. The third-order valence-electron chi connectivity index (χ3n) is 3.29. The van der Waals surface area contributed by atoms with Crippen LogP contribution in [0.25, 0.3) is 0 Å². The van der Waals surface area contributed by atoms with E-state index in [0.29, 0.717) is 0 Å². The molecular formula is C17H20ClN. The van der Waals surface area contributed by atoms with Crippen molar-refractivity contribution in [1.82, 2.24) is 5.32 Å². The Morgan fingerprint density at radius 3 is 2.37 bits per heavy atom. The van der Waals surface area contributed by atoms with Crippen LogP contribution in [0.4, 0.5) is 0 Å². The van der Waals surface area contributed by atoms with E-state index < -0.39 is 0 Å². The second-order valence-electron chi connectivity index (χ2n) is 4.82. The van der Waals surface area contributed by atoms with Crippen LogP contribution in [-0.2, 0) is 6.42 Å². The molecule has 0 aliphatic heterocycles. The minimum Gasteiger partial charge on any atom is -0.310 e. The summed E-state index contributed by atoms with van der Waals surface area (Å²) in [5.41, 5.74) is 3.80. The zero-order chi connectivity index (χ0) is 13.7. The van der Waals surface area contributed by atoms with Crippen LogP contribution in [0, 0.1) is 6.92 Å². The first-order valence-electron chi connectivity index (χ1n) is 6.74. The Bertz CT molecular complexity index is 519. The Hall–Kier alpha value is -1.31. The molecule has 0 heterocycles. The van der Waals surface area contributed by atoms with Gasteiger partial charge in [-0.25, -0.2) is 0 Å². The van der Waals surface area contributed by atoms with Crippen molar-refractivity contribution in [3.05, 3.63) is 70.2 Å². The predicted octanol–water partition coefficient (Wildman–Crippen LogP) is 4.54. The summed E-state index contributed by atoms with van der Waals surface area (Å²) >= 11 is 6.31. The smallest absolute Gasteiger partial charge is 0.0453 e. The summed E-state index contributed by atoms with van der Waals surface area (Å²) in [4.78, 5) is 0. The summed E-state index contributed by atoms with van der Waals surface area (Å²) < 4.78 is 0. The summed E-state index contributed by atoms with van der Waals surface area (Å²) in [6.07, 6.45) is 0.956. The second kappa shape index (κ2) is 6.74. The van der Waals surface area contributed by atoms with Crippen molar-refractivity contribution in [3.63, 3.8) is 0 Å². The molecule has 0 fully saturated rings. The highest BCUT2D eigenvalue weighted by atomic mass is 35.5. The average molecular weight is 274 g/mol. The van der Waals surface area contributed by atoms with E-state index in [1.54, 1.807) is 0 Å². The molecule has 0 aliphatic carbocycles. The van der Waals surface area contributed by atoms with Crippen LogP contribution in [0.3, 0.4) is 0 Å². The molecule has 2 aromatic rings. The minimum atomic E-state index is 0.265. The van der Waals surface area contributed by atoms with Gasteiger partial charge in [-0.2, -0.15) is 0 Å². The third kappa shape index (κ3) is 3.82. The van der Waals surface area contributed by atoms with Crippen molar-refractivity contribution in [2.24, 2.45) is 0 Å². The van der Waals surface area contributed by atoms with Gasteiger partial charge in [0.25, 0.3) is 0 Å². The van der Waals surface area contributed by atoms with Crippen LogP contribution in [-0.4, -0.2) is 6.54 Å². The number of benzene rings is 2. The number of nitrogens with one attached hydrogen (secondary N) is 1. The molecule has 0 saturated carbocycles. The molecule has 0 radical (unpaired) electrons. The van der Waals surface area contributed by atoms with E-state index in [1.165, 1.54) is 16.7 Å². The standard InChI is InChI=1S/C17H20ClN/c1-3-19-17(15-6-4-5-7-16(15)18)12-14-10-8-13(2)9-11-14/h4-11,17,19H,3,12H2,1-2H3. The third-order valence-corrected chi connectivity index (χ3v) is 3.64. The van der Waals surface area contributed by atoms with Crippen LogP contribution in [0.15, 0.2) is 48.5 Å². The Balaban J connectivity index is 2.21. The first kappa shape index (κ1) is 14.1. The van der Waals surface area contributed by atoms with Gasteiger partial charge >= 0.3 is 0 Å². The zero-order valence-electron chi connectivity index (χ0n) is 11.5. The summed E-state index contributed by atoms with van der Waals surface area (Å²) in [5, 5.41) is 4.35. The number of halogens is 1. The summed E-state index contributed by atoms with van der Waals surface area (Å²) in [6, 6.07) is 17.0. The van der Waals surface area contributed by atoms with E-state index in [-0.39, 0.29) is 6.04 Å². The first-order valence-corrected chi connectivity index (χ1v) is 7.12. The zero-order valence-corrected chi connectivity index (χ0v) is 12.2. The molecule has 0 amide bonds. The van der Waals surface area contributed by atoms with Crippen LogP contribution < -0.4 is 5.32 Å². The van der Waals surface area contributed by atoms with Gasteiger partial charge in [-0.15, -0.1) is 0 Å². The largest absolute Gasteiger partial charge is 0.310 e. The lowest BCUT2D eigenvalue weighted by atomic mass is 9.98. The van der Waals surface area contributed by atoms with E-state index >= 15 is 0 Å². The fraction of sp³-hybridized carbons (Fsp3) is 0.294. The van der Waals surface area contributed by atoms with Gasteiger partial charge < -0.3 is 5.32 Å². The van der Waals surface area contributed by atoms with Gasteiger partial charge in [0.2, 0.25) is 0 Å². The molecule has 0 spiro atoms. The van der Waals surface area contributed by atoms with Gasteiger partial charge in [-0.05, 0) is 37.1 Å². The molecule has 0 aromatic heterocycles. The lowest BCUT2D eigenvalue weighted by molar-refractivity contribution is 0.550. The highest BCUT2D eigenvalue weighted by molar-refractivity contribution is 6.31. The molecular weight excluding hydrogens is 254 g/mol. The molecule has 2 aromatic carbocycles. The minimum absolute atomic E-state index is 0.265. The molecule has 1 nitrogen and oxygen atoms in total. The van der Waals surface area contributed by atoms with E-state index in [4.69, 9.17) is 11.6 Å². The van der Waals surface area contributed by atoms with Gasteiger partial charge in [0.05, 0.1) is 0 Å². The van der Waals surface area contributed by atoms with Crippen molar-refractivity contribution < 1.29 is 0 Å². The Labute approximate surface area is 120 Å². The monoisotopic (exact) mass is 273 g/mol. The van der Waals surface area contributed by atoms with Crippen LogP contribution in [0.1, 0.15) is 29.7 Å². The number of hydrogen-bond acceptors (Lipinski definition) is 1. The maximum absolute atomic E-state index is 6.31. The quantitative estimate of drug-likeness (QED) is 0.843. The predicted molar refractivity (Wildman–Crippen MR) is 82.8 cm³/mol. The van der Waals surface area contributed by atoms with Crippen molar-refractivity contribution in [1.29, 1.82) is 0 Å². The number of aryl methyl sites for hydroxylation is 1. The number of likely N-dealkylation sites (N-methyl/N-ethyl adjacent to an activating group) is 1. The highest BCUT2D eigenvalue weighted by Gasteiger charge is 2.13. The van der Waals surface area contributed by atoms with Crippen LogP contribution >= 0.6 is 11.6 Å². The molecule has 0 saturated heterocycles. The highest BCUT2D eigenvalue weighted by Crippen LogP contribution is 2.25. The molecule has 1 atom stereocenters. The van der Waals surface area contributed by atoms with E-state index in [0.717, 1.165) is 18.0 Å². The SMILES string of the molecule is CCNC(Cc1ccc(C)cc1)c1ccccc1Cl. The summed E-state index contributed by atoms with van der Waals surface area (Å²) in [6.45, 7) is 5.17. The molecule has 2 rings (SSSR count). The second-order valence-corrected chi connectivity index (χ2v) is 5.23. The van der Waals surface area contributed by atoms with Gasteiger partial charge in [-0.1, -0.05) is 66.6 Å². The topological polar surface area (TPSA) is 12.0 Å². The molecule has 2 heteroatoms. The fourth-order valence-corrected chi connectivity index (χ4v) is 2.52. The maximum Gasteiger partial charge on any atom is 0.0453 e. The van der Waals surface area contributed by atoms with Crippen molar-refractivity contribution in [2.45, 2.75) is 26.3 Å². The average Bonchev–Trinajstić information content (AvgIpc) is 2.41. The first-order chi connectivity index (χ1) is 9.20. The molecule has 0 bridgehead atoms. The van der Waals surface area contributed by atoms with E-state index in [1.807, 2.05) is 18.2 Å². The Morgan fingerprint density at radius 2 is 1.74 bits per heavy atom. The lowest BCUT2D eigenvalue weighted by Crippen LogP contribution is -2.23. The molecule has 19 heavy (non-hydrogen) atoms. The lowest BCUT2D eigenvalue weighted by Gasteiger charge is -2.19. The maximum atomic E-state index is 6.31. The van der Waals surface area contributed by atoms with Gasteiger partial charge in [0.1, 0.15) is 0 Å². The normalized spacial score (nSPS) is 12.4.